The lowest BCUT2D eigenvalue weighted by Crippen LogP contribution is -2.12. The second-order valence-electron chi connectivity index (χ2n) is 2.87. The Morgan fingerprint density at radius 2 is 2.14 bits per heavy atom. The summed E-state index contributed by atoms with van der Waals surface area (Å²) in [5.74, 6) is -0.527. The van der Waals surface area contributed by atoms with Crippen LogP contribution in [-0.2, 0) is 4.79 Å². The predicted octanol–water partition coefficient (Wildman–Crippen LogP) is 1.79. The average Bonchev–Trinajstić information content (AvgIpc) is 2.60. The van der Waals surface area contributed by atoms with Crippen molar-refractivity contribution in [2.24, 2.45) is 5.73 Å². The Morgan fingerprint density at radius 3 is 2.86 bits per heavy atom. The van der Waals surface area contributed by atoms with Gasteiger partial charge in [-0.25, -0.2) is 0 Å². The molecule has 4 heteroatoms. The van der Waals surface area contributed by atoms with Crippen molar-refractivity contribution >= 4 is 33.1 Å². The molecule has 2 aromatic rings. The molecule has 0 aliphatic rings. The number of carbonyl (C=O) groups excluding carboxylic acids is 1. The topological polar surface area (TPSA) is 56.0 Å². The Kier molecular flexibility index (Phi) is 2.05. The van der Waals surface area contributed by atoms with Crippen LogP contribution in [0.4, 0.5) is 0 Å². The van der Waals surface area contributed by atoms with Crippen LogP contribution in [0.3, 0.4) is 0 Å². The molecule has 0 saturated heterocycles. The Morgan fingerprint density at radius 1 is 1.43 bits per heavy atom. The number of nitrogens with zero attached hydrogens (tertiary/aromatic N) is 1. The number of fused-ring (bicyclic) bond motifs is 1. The minimum absolute atomic E-state index is 0.266. The molecule has 1 aromatic carbocycles. The van der Waals surface area contributed by atoms with E-state index in [1.807, 2.05) is 24.3 Å². The minimum atomic E-state index is -0.527. The highest BCUT2D eigenvalue weighted by atomic mass is 32.1. The molecular formula is C10H8N2OS. The van der Waals surface area contributed by atoms with Crippen molar-refractivity contribution in [3.8, 4) is 0 Å². The molecular weight excluding hydrogens is 196 g/mol. The fourth-order valence-electron chi connectivity index (χ4n) is 1.22. The number of benzene rings is 1. The van der Waals surface area contributed by atoms with Gasteiger partial charge in [0, 0.05) is 5.39 Å². The summed E-state index contributed by atoms with van der Waals surface area (Å²) in [6, 6.07) is 7.68. The third kappa shape index (κ3) is 1.29. The SMILES string of the molecule is C=C(C(N)=O)c1nsc2ccccc12. The predicted molar refractivity (Wildman–Crippen MR) is 57.8 cm³/mol. The first-order valence-electron chi connectivity index (χ1n) is 4.03. The lowest BCUT2D eigenvalue weighted by atomic mass is 10.1. The van der Waals surface area contributed by atoms with Gasteiger partial charge in [-0.3, -0.25) is 4.79 Å². The maximum atomic E-state index is 10.9. The van der Waals surface area contributed by atoms with Crippen LogP contribution in [0, 0.1) is 0 Å². The molecule has 70 valence electrons. The smallest absolute Gasteiger partial charge is 0.250 e. The number of hydrogen-bond donors (Lipinski definition) is 1. The highest BCUT2D eigenvalue weighted by Crippen LogP contribution is 2.26. The normalized spacial score (nSPS) is 10.3. The van der Waals surface area contributed by atoms with E-state index >= 15 is 0 Å². The highest BCUT2D eigenvalue weighted by Gasteiger charge is 2.12. The van der Waals surface area contributed by atoms with Gasteiger partial charge in [-0.05, 0) is 17.6 Å². The number of hydrogen-bond acceptors (Lipinski definition) is 3. The molecule has 0 radical (unpaired) electrons. The van der Waals surface area contributed by atoms with Gasteiger partial charge in [-0.15, -0.1) is 0 Å². The minimum Gasteiger partial charge on any atom is -0.366 e. The summed E-state index contributed by atoms with van der Waals surface area (Å²) in [4.78, 5) is 10.9. The molecule has 0 bridgehead atoms. The average molecular weight is 204 g/mol. The van der Waals surface area contributed by atoms with Crippen molar-refractivity contribution in [2.75, 3.05) is 0 Å². The maximum Gasteiger partial charge on any atom is 0.250 e. The largest absolute Gasteiger partial charge is 0.366 e. The van der Waals surface area contributed by atoms with Crippen LogP contribution in [0.15, 0.2) is 30.8 Å². The number of rotatable bonds is 2. The van der Waals surface area contributed by atoms with E-state index in [1.165, 1.54) is 11.5 Å². The number of carbonyl (C=O) groups is 1. The molecule has 3 nitrogen and oxygen atoms in total. The quantitative estimate of drug-likeness (QED) is 0.758. The fraction of sp³-hybridized carbons (Fsp3) is 0. The van der Waals surface area contributed by atoms with E-state index in [0.29, 0.717) is 5.69 Å². The Labute approximate surface area is 85.0 Å². The van der Waals surface area contributed by atoms with E-state index in [9.17, 15) is 4.79 Å². The van der Waals surface area contributed by atoms with Gasteiger partial charge < -0.3 is 5.73 Å². The van der Waals surface area contributed by atoms with Gasteiger partial charge in [0.1, 0.15) is 0 Å². The van der Waals surface area contributed by atoms with E-state index in [4.69, 9.17) is 5.73 Å². The second kappa shape index (κ2) is 3.23. The maximum absolute atomic E-state index is 10.9. The van der Waals surface area contributed by atoms with Gasteiger partial charge in [0.2, 0.25) is 5.91 Å². The zero-order valence-corrected chi connectivity index (χ0v) is 8.17. The van der Waals surface area contributed by atoms with Gasteiger partial charge in [0.25, 0.3) is 0 Å². The number of aromatic nitrogens is 1. The molecule has 0 atom stereocenters. The van der Waals surface area contributed by atoms with Crippen LogP contribution in [0.5, 0.6) is 0 Å². The van der Waals surface area contributed by atoms with Crippen LogP contribution in [0.1, 0.15) is 5.69 Å². The molecule has 14 heavy (non-hydrogen) atoms. The molecule has 0 unspecified atom stereocenters. The van der Waals surface area contributed by atoms with Gasteiger partial charge >= 0.3 is 0 Å². The molecule has 0 spiro atoms. The van der Waals surface area contributed by atoms with Crippen molar-refractivity contribution in [1.29, 1.82) is 0 Å². The lowest BCUT2D eigenvalue weighted by molar-refractivity contribution is -0.112. The van der Waals surface area contributed by atoms with E-state index in [0.717, 1.165) is 10.1 Å². The van der Waals surface area contributed by atoms with E-state index in [-0.39, 0.29) is 5.57 Å². The zero-order chi connectivity index (χ0) is 10.1. The van der Waals surface area contributed by atoms with Gasteiger partial charge in [0.05, 0.1) is 16.0 Å². The number of nitrogens with two attached hydrogens (primary N) is 1. The van der Waals surface area contributed by atoms with Crippen molar-refractivity contribution in [1.82, 2.24) is 4.37 Å². The fourth-order valence-corrected chi connectivity index (χ4v) is 2.02. The summed E-state index contributed by atoms with van der Waals surface area (Å²) in [5, 5.41) is 0.932. The van der Waals surface area contributed by atoms with Crippen molar-refractivity contribution in [3.63, 3.8) is 0 Å². The third-order valence-corrected chi connectivity index (χ3v) is 2.79. The lowest BCUT2D eigenvalue weighted by Gasteiger charge is -1.96. The highest BCUT2D eigenvalue weighted by molar-refractivity contribution is 7.13. The van der Waals surface area contributed by atoms with Gasteiger partial charge in [-0.1, -0.05) is 24.8 Å². The second-order valence-corrected chi connectivity index (χ2v) is 3.68. The summed E-state index contributed by atoms with van der Waals surface area (Å²) in [6.07, 6.45) is 0. The first-order valence-corrected chi connectivity index (χ1v) is 4.81. The van der Waals surface area contributed by atoms with Crippen LogP contribution in [-0.4, -0.2) is 10.3 Å². The van der Waals surface area contributed by atoms with Crippen molar-refractivity contribution in [2.45, 2.75) is 0 Å². The molecule has 1 heterocycles. The Bertz CT molecular complexity index is 516. The van der Waals surface area contributed by atoms with Crippen LogP contribution < -0.4 is 5.73 Å². The molecule has 0 saturated carbocycles. The van der Waals surface area contributed by atoms with Crippen LogP contribution in [0.25, 0.3) is 15.7 Å². The van der Waals surface area contributed by atoms with Crippen molar-refractivity contribution < 1.29 is 4.79 Å². The summed E-state index contributed by atoms with van der Waals surface area (Å²) < 4.78 is 5.19. The molecule has 0 aliphatic heterocycles. The summed E-state index contributed by atoms with van der Waals surface area (Å²) in [7, 11) is 0. The monoisotopic (exact) mass is 204 g/mol. The van der Waals surface area contributed by atoms with Crippen molar-refractivity contribution in [3.05, 3.63) is 36.5 Å². The third-order valence-electron chi connectivity index (χ3n) is 1.96. The number of amides is 1. The first-order chi connectivity index (χ1) is 6.70. The molecule has 2 N–H and O–H groups in total. The van der Waals surface area contributed by atoms with E-state index in [2.05, 4.69) is 11.0 Å². The van der Waals surface area contributed by atoms with Gasteiger partial charge in [0.15, 0.2) is 0 Å². The summed E-state index contributed by atoms with van der Waals surface area (Å²) in [6.45, 7) is 3.62. The summed E-state index contributed by atoms with van der Waals surface area (Å²) in [5.41, 5.74) is 6.01. The molecule has 0 fully saturated rings. The first kappa shape index (κ1) is 8.90. The molecule has 0 aliphatic carbocycles. The number of primary amides is 1. The molecule has 1 amide bonds. The summed E-state index contributed by atoms with van der Waals surface area (Å²) >= 11 is 1.34. The van der Waals surface area contributed by atoms with E-state index < -0.39 is 5.91 Å². The standard InChI is InChI=1S/C10H8N2OS/c1-6(10(11)13)9-7-4-2-3-5-8(7)14-12-9/h2-5H,1H2,(H2,11,13). The Balaban J connectivity index is 2.64. The molecule has 2 rings (SSSR count). The zero-order valence-electron chi connectivity index (χ0n) is 7.36. The molecule has 1 aromatic heterocycles. The van der Waals surface area contributed by atoms with E-state index in [1.54, 1.807) is 0 Å². The van der Waals surface area contributed by atoms with Crippen LogP contribution in [0.2, 0.25) is 0 Å². The Hall–Kier alpha value is -1.68. The van der Waals surface area contributed by atoms with Gasteiger partial charge in [-0.2, -0.15) is 4.37 Å². The van der Waals surface area contributed by atoms with Crippen LogP contribution >= 0.6 is 11.5 Å².